The smallest absolute Gasteiger partial charge is 0.311 e. The maximum atomic E-state index is 11.8. The first-order valence-electron chi connectivity index (χ1n) is 6.25. The van der Waals surface area contributed by atoms with Crippen LogP contribution in [-0.2, 0) is 10.2 Å². The van der Waals surface area contributed by atoms with E-state index in [1.807, 2.05) is 18.2 Å². The minimum absolute atomic E-state index is 0.0643. The molecular formula is C15H18O2. The lowest BCUT2D eigenvalue weighted by atomic mass is 9.75. The van der Waals surface area contributed by atoms with Crippen molar-refractivity contribution in [1.29, 1.82) is 0 Å². The van der Waals surface area contributed by atoms with E-state index in [0.29, 0.717) is 0 Å². The van der Waals surface area contributed by atoms with Crippen LogP contribution in [0, 0.1) is 10.8 Å². The lowest BCUT2D eigenvalue weighted by Gasteiger charge is -2.27. The number of carboxylic acids is 1. The van der Waals surface area contributed by atoms with E-state index in [9.17, 15) is 9.90 Å². The minimum atomic E-state index is -0.608. The Kier molecular flexibility index (Phi) is 1.86. The number of benzene rings is 1. The van der Waals surface area contributed by atoms with Crippen LogP contribution in [0.1, 0.15) is 38.7 Å². The molecule has 1 N–H and O–H groups in total. The predicted molar refractivity (Wildman–Crippen MR) is 65.8 cm³/mol. The zero-order chi connectivity index (χ0) is 12.3. The molecule has 0 aromatic heterocycles. The Bertz CT molecular complexity index is 471. The van der Waals surface area contributed by atoms with E-state index in [4.69, 9.17) is 0 Å². The molecule has 90 valence electrons. The van der Waals surface area contributed by atoms with Crippen LogP contribution < -0.4 is 0 Å². The fraction of sp³-hybridized carbons (Fsp3) is 0.533. The summed E-state index contributed by atoms with van der Waals surface area (Å²) in [5, 5.41) is 9.68. The van der Waals surface area contributed by atoms with Crippen LogP contribution in [0.25, 0.3) is 0 Å². The monoisotopic (exact) mass is 230 g/mol. The highest BCUT2D eigenvalue weighted by Crippen LogP contribution is 2.79. The number of hydrogen-bond acceptors (Lipinski definition) is 1. The highest BCUT2D eigenvalue weighted by atomic mass is 16.4. The minimum Gasteiger partial charge on any atom is -0.481 e. The summed E-state index contributed by atoms with van der Waals surface area (Å²) >= 11 is 0. The Labute approximate surface area is 102 Å². The van der Waals surface area contributed by atoms with Crippen molar-refractivity contribution in [2.45, 2.75) is 38.5 Å². The number of carboxylic acid groups (broad SMARTS) is 1. The van der Waals surface area contributed by atoms with Crippen LogP contribution in [0.3, 0.4) is 0 Å². The van der Waals surface area contributed by atoms with E-state index in [-0.39, 0.29) is 10.8 Å². The SMILES string of the molecule is CC1(C)CC1(C(=O)O)C1(c2ccccc2)CC1. The Balaban J connectivity index is 2.08. The van der Waals surface area contributed by atoms with Crippen molar-refractivity contribution in [2.75, 3.05) is 0 Å². The number of rotatable bonds is 3. The lowest BCUT2D eigenvalue weighted by Crippen LogP contribution is -2.34. The van der Waals surface area contributed by atoms with Gasteiger partial charge >= 0.3 is 5.97 Å². The molecule has 17 heavy (non-hydrogen) atoms. The molecule has 3 rings (SSSR count). The van der Waals surface area contributed by atoms with Crippen LogP contribution in [0.4, 0.5) is 0 Å². The maximum Gasteiger partial charge on any atom is 0.311 e. The molecule has 2 nitrogen and oxygen atoms in total. The molecule has 0 heterocycles. The molecule has 2 aliphatic carbocycles. The standard InChI is InChI=1S/C15H18O2/c1-13(2)10-15(13,12(16)17)14(8-9-14)11-6-4-3-5-7-11/h3-7H,8-10H2,1-2H3,(H,16,17). The summed E-state index contributed by atoms with van der Waals surface area (Å²) in [7, 11) is 0. The van der Waals surface area contributed by atoms with Crippen molar-refractivity contribution in [1.82, 2.24) is 0 Å². The van der Waals surface area contributed by atoms with Gasteiger partial charge in [0.05, 0.1) is 5.41 Å². The number of carbonyl (C=O) groups is 1. The fourth-order valence-corrected chi connectivity index (χ4v) is 3.85. The van der Waals surface area contributed by atoms with Crippen LogP contribution in [0.5, 0.6) is 0 Å². The normalized spacial score (nSPS) is 31.9. The third-order valence-corrected chi connectivity index (χ3v) is 5.00. The van der Waals surface area contributed by atoms with E-state index in [1.54, 1.807) is 0 Å². The molecular weight excluding hydrogens is 212 g/mol. The molecule has 0 radical (unpaired) electrons. The highest BCUT2D eigenvalue weighted by molar-refractivity contribution is 5.83. The van der Waals surface area contributed by atoms with Crippen LogP contribution in [0.15, 0.2) is 30.3 Å². The van der Waals surface area contributed by atoms with E-state index < -0.39 is 11.4 Å². The molecule has 1 atom stereocenters. The zero-order valence-electron chi connectivity index (χ0n) is 10.4. The molecule has 0 saturated heterocycles. The first kappa shape index (κ1) is 10.8. The summed E-state index contributed by atoms with van der Waals surface area (Å²) in [5.41, 5.74) is 0.531. The summed E-state index contributed by atoms with van der Waals surface area (Å²) in [5.74, 6) is -0.608. The average Bonchev–Trinajstić information content (AvgIpc) is 3.15. The van der Waals surface area contributed by atoms with Gasteiger partial charge in [0.2, 0.25) is 0 Å². The van der Waals surface area contributed by atoms with Crippen LogP contribution in [-0.4, -0.2) is 11.1 Å². The van der Waals surface area contributed by atoms with E-state index in [0.717, 1.165) is 19.3 Å². The van der Waals surface area contributed by atoms with Crippen molar-refractivity contribution < 1.29 is 9.90 Å². The molecule has 0 amide bonds. The van der Waals surface area contributed by atoms with Gasteiger partial charge < -0.3 is 5.11 Å². The molecule has 1 unspecified atom stereocenters. The van der Waals surface area contributed by atoms with Gasteiger partial charge in [-0.05, 0) is 30.2 Å². The molecule has 0 aliphatic heterocycles. The number of aliphatic carboxylic acids is 1. The second-order valence-electron chi connectivity index (χ2n) is 6.22. The van der Waals surface area contributed by atoms with Crippen molar-refractivity contribution in [2.24, 2.45) is 10.8 Å². The first-order chi connectivity index (χ1) is 7.96. The third-order valence-electron chi connectivity index (χ3n) is 5.00. The van der Waals surface area contributed by atoms with Crippen LogP contribution in [0.2, 0.25) is 0 Å². The molecule has 1 aromatic carbocycles. The molecule has 2 fully saturated rings. The summed E-state index contributed by atoms with van der Waals surface area (Å²) in [6.07, 6.45) is 2.85. The van der Waals surface area contributed by atoms with E-state index >= 15 is 0 Å². The quantitative estimate of drug-likeness (QED) is 0.865. The lowest BCUT2D eigenvalue weighted by molar-refractivity contribution is -0.146. The van der Waals surface area contributed by atoms with E-state index in [1.165, 1.54) is 5.56 Å². The average molecular weight is 230 g/mol. The van der Waals surface area contributed by atoms with Gasteiger partial charge in [-0.1, -0.05) is 44.2 Å². The van der Waals surface area contributed by atoms with Gasteiger partial charge in [0.1, 0.15) is 0 Å². The Hall–Kier alpha value is -1.31. The molecule has 1 aromatic rings. The second-order valence-corrected chi connectivity index (χ2v) is 6.22. The Morgan fingerprint density at radius 3 is 2.06 bits per heavy atom. The van der Waals surface area contributed by atoms with Crippen molar-refractivity contribution in [3.8, 4) is 0 Å². The van der Waals surface area contributed by atoms with Crippen molar-refractivity contribution in [3.63, 3.8) is 0 Å². The highest BCUT2D eigenvalue weighted by Gasteiger charge is 2.79. The van der Waals surface area contributed by atoms with Crippen molar-refractivity contribution >= 4 is 5.97 Å². The molecule has 2 aliphatic rings. The summed E-state index contributed by atoms with van der Waals surface area (Å²) in [6, 6.07) is 10.2. The van der Waals surface area contributed by atoms with Gasteiger partial charge in [0, 0.05) is 5.41 Å². The summed E-state index contributed by atoms with van der Waals surface area (Å²) in [4.78, 5) is 11.8. The second kappa shape index (κ2) is 2.92. The summed E-state index contributed by atoms with van der Waals surface area (Å²) < 4.78 is 0. The summed E-state index contributed by atoms with van der Waals surface area (Å²) in [6.45, 7) is 4.17. The van der Waals surface area contributed by atoms with Gasteiger partial charge in [-0.15, -0.1) is 0 Å². The van der Waals surface area contributed by atoms with Gasteiger partial charge in [0.25, 0.3) is 0 Å². The van der Waals surface area contributed by atoms with Gasteiger partial charge in [0.15, 0.2) is 0 Å². The first-order valence-corrected chi connectivity index (χ1v) is 6.25. The van der Waals surface area contributed by atoms with Crippen molar-refractivity contribution in [3.05, 3.63) is 35.9 Å². The van der Waals surface area contributed by atoms with Gasteiger partial charge in [-0.2, -0.15) is 0 Å². The fourth-order valence-electron chi connectivity index (χ4n) is 3.85. The number of hydrogen-bond donors (Lipinski definition) is 1. The molecule has 2 saturated carbocycles. The molecule has 0 spiro atoms. The maximum absolute atomic E-state index is 11.8. The molecule has 0 bridgehead atoms. The topological polar surface area (TPSA) is 37.3 Å². The van der Waals surface area contributed by atoms with Gasteiger partial charge in [-0.25, -0.2) is 0 Å². The largest absolute Gasteiger partial charge is 0.481 e. The molecule has 2 heteroatoms. The zero-order valence-corrected chi connectivity index (χ0v) is 10.4. The van der Waals surface area contributed by atoms with E-state index in [2.05, 4.69) is 26.0 Å². The predicted octanol–water partition coefficient (Wildman–Crippen LogP) is 3.22. The Morgan fingerprint density at radius 2 is 1.71 bits per heavy atom. The third kappa shape index (κ3) is 1.13. The Morgan fingerprint density at radius 1 is 1.18 bits per heavy atom. The van der Waals surface area contributed by atoms with Crippen LogP contribution >= 0.6 is 0 Å². The van der Waals surface area contributed by atoms with Gasteiger partial charge in [-0.3, -0.25) is 4.79 Å².